The number of fused-ring (bicyclic) bond motifs is 2. The van der Waals surface area contributed by atoms with E-state index in [0.717, 1.165) is 54.3 Å². The first kappa shape index (κ1) is 22.1. The van der Waals surface area contributed by atoms with Crippen molar-refractivity contribution >= 4 is 40.3 Å². The minimum atomic E-state index is -0.0353. The molecule has 3 heterocycles. The molecule has 1 fully saturated rings. The second kappa shape index (κ2) is 10.0. The summed E-state index contributed by atoms with van der Waals surface area (Å²) in [5, 5.41) is 3.45. The predicted octanol–water partition coefficient (Wildman–Crippen LogP) is 3.96. The van der Waals surface area contributed by atoms with Gasteiger partial charge < -0.3 is 24.3 Å². The lowest BCUT2D eigenvalue weighted by Gasteiger charge is -2.19. The van der Waals surface area contributed by atoms with E-state index in [1.165, 1.54) is 11.8 Å². The van der Waals surface area contributed by atoms with Gasteiger partial charge in [0, 0.05) is 13.1 Å². The van der Waals surface area contributed by atoms with Crippen molar-refractivity contribution in [2.75, 3.05) is 33.1 Å². The molecule has 0 aromatic heterocycles. The number of nitrogens with zero attached hydrogens (tertiary/aromatic N) is 1. The van der Waals surface area contributed by atoms with Gasteiger partial charge in [-0.25, -0.2) is 0 Å². The van der Waals surface area contributed by atoms with E-state index in [1.807, 2.05) is 42.5 Å². The number of thioether (sulfide) groups is 1. The Hall–Kier alpha value is -2.75. The fraction of sp³-hybridized carbons (Fsp3) is 0.333. The summed E-state index contributed by atoms with van der Waals surface area (Å²) in [4.78, 5) is 15.2. The average Bonchev–Trinajstić information content (AvgIpc) is 3.40. The second-order valence-corrected chi connectivity index (χ2v) is 9.48. The number of carbonyl (C=O) groups is 1. The van der Waals surface area contributed by atoms with Gasteiger partial charge in [-0.1, -0.05) is 36.1 Å². The van der Waals surface area contributed by atoms with Gasteiger partial charge in [-0.05, 0) is 60.9 Å². The van der Waals surface area contributed by atoms with E-state index in [0.29, 0.717) is 34.7 Å². The van der Waals surface area contributed by atoms with Crippen molar-refractivity contribution in [1.29, 1.82) is 0 Å². The van der Waals surface area contributed by atoms with E-state index >= 15 is 0 Å². The number of amides is 1. The highest BCUT2D eigenvalue weighted by molar-refractivity contribution is 8.26. The van der Waals surface area contributed by atoms with Gasteiger partial charge in [-0.15, -0.1) is 0 Å². The summed E-state index contributed by atoms with van der Waals surface area (Å²) in [6, 6.07) is 11.7. The average molecular weight is 485 g/mol. The normalized spacial score (nSPS) is 17.8. The van der Waals surface area contributed by atoms with Crippen molar-refractivity contribution in [2.24, 2.45) is 0 Å². The molecule has 5 rings (SSSR count). The topological polar surface area (TPSA) is 69.3 Å². The number of thiocarbonyl (C=S) groups is 1. The Labute approximate surface area is 202 Å². The molecule has 0 atom stereocenters. The van der Waals surface area contributed by atoms with E-state index in [4.69, 9.17) is 31.2 Å². The Morgan fingerprint density at radius 3 is 2.64 bits per heavy atom. The number of nitrogens with one attached hydrogen (secondary N) is 1. The molecule has 2 aromatic rings. The van der Waals surface area contributed by atoms with Crippen molar-refractivity contribution in [3.05, 3.63) is 52.4 Å². The molecule has 0 radical (unpaired) electrons. The molecule has 9 heteroatoms. The molecule has 1 amide bonds. The van der Waals surface area contributed by atoms with E-state index in [9.17, 15) is 4.79 Å². The van der Waals surface area contributed by atoms with Crippen LogP contribution in [-0.4, -0.2) is 48.2 Å². The van der Waals surface area contributed by atoms with E-state index in [-0.39, 0.29) is 12.7 Å². The van der Waals surface area contributed by atoms with E-state index < -0.39 is 0 Å². The maximum absolute atomic E-state index is 12.8. The monoisotopic (exact) mass is 484 g/mol. The molecule has 2 aromatic carbocycles. The van der Waals surface area contributed by atoms with Crippen LogP contribution in [0, 0.1) is 0 Å². The summed E-state index contributed by atoms with van der Waals surface area (Å²) in [7, 11) is 0. The molecule has 0 aliphatic carbocycles. The molecule has 0 unspecified atom stereocenters. The van der Waals surface area contributed by atoms with Gasteiger partial charge in [0.15, 0.2) is 23.0 Å². The van der Waals surface area contributed by atoms with Crippen LogP contribution < -0.4 is 24.3 Å². The summed E-state index contributed by atoms with van der Waals surface area (Å²) in [6.07, 6.45) is 3.68. The Balaban J connectivity index is 1.07. The van der Waals surface area contributed by atoms with Crippen LogP contribution in [0.3, 0.4) is 0 Å². The highest BCUT2D eigenvalue weighted by atomic mass is 32.2. The Morgan fingerprint density at radius 1 is 0.970 bits per heavy atom. The third-order valence-corrected chi connectivity index (χ3v) is 6.87. The number of ether oxygens (including phenoxy) is 4. The largest absolute Gasteiger partial charge is 0.486 e. The zero-order valence-electron chi connectivity index (χ0n) is 18.0. The fourth-order valence-corrected chi connectivity index (χ4v) is 5.11. The molecule has 0 spiro atoms. The number of hydrogen-bond acceptors (Lipinski definition) is 8. The maximum Gasteiger partial charge on any atom is 0.266 e. The second-order valence-electron chi connectivity index (χ2n) is 7.81. The van der Waals surface area contributed by atoms with Crippen molar-refractivity contribution in [1.82, 2.24) is 10.2 Å². The minimum Gasteiger partial charge on any atom is -0.486 e. The van der Waals surface area contributed by atoms with Crippen LogP contribution in [0.15, 0.2) is 41.3 Å². The molecule has 1 N–H and O–H groups in total. The number of benzene rings is 2. The molecular weight excluding hydrogens is 460 g/mol. The molecule has 0 bridgehead atoms. The van der Waals surface area contributed by atoms with Gasteiger partial charge in [0.2, 0.25) is 6.79 Å². The quantitative estimate of drug-likeness (QED) is 0.343. The molecular formula is C24H24N2O5S2. The Bertz CT molecular complexity index is 1100. The maximum atomic E-state index is 12.8. The lowest BCUT2D eigenvalue weighted by molar-refractivity contribution is -0.122. The first-order valence-electron chi connectivity index (χ1n) is 10.9. The Kier molecular flexibility index (Phi) is 6.70. The van der Waals surface area contributed by atoms with Crippen molar-refractivity contribution in [3.63, 3.8) is 0 Å². The number of rotatable bonds is 8. The molecule has 172 valence electrons. The lowest BCUT2D eigenvalue weighted by atomic mass is 10.2. The molecule has 3 aliphatic rings. The third kappa shape index (κ3) is 5.10. The van der Waals surface area contributed by atoms with Gasteiger partial charge in [0.1, 0.15) is 17.5 Å². The van der Waals surface area contributed by atoms with Gasteiger partial charge in [0.05, 0.1) is 4.91 Å². The van der Waals surface area contributed by atoms with Crippen LogP contribution in [0.1, 0.15) is 24.0 Å². The fourth-order valence-electron chi connectivity index (χ4n) is 3.80. The first-order valence-corrected chi connectivity index (χ1v) is 12.1. The minimum absolute atomic E-state index is 0.0353. The van der Waals surface area contributed by atoms with Crippen LogP contribution >= 0.6 is 24.0 Å². The van der Waals surface area contributed by atoms with Gasteiger partial charge in [0.25, 0.3) is 5.91 Å². The number of hydrogen-bond donors (Lipinski definition) is 1. The third-order valence-electron chi connectivity index (χ3n) is 5.49. The summed E-state index contributed by atoms with van der Waals surface area (Å²) < 4.78 is 22.5. The molecule has 3 aliphatic heterocycles. The van der Waals surface area contributed by atoms with Crippen LogP contribution in [0.25, 0.3) is 6.08 Å². The highest BCUT2D eigenvalue weighted by Gasteiger charge is 2.31. The zero-order valence-corrected chi connectivity index (χ0v) is 19.6. The summed E-state index contributed by atoms with van der Waals surface area (Å²) in [5.41, 5.74) is 2.05. The summed E-state index contributed by atoms with van der Waals surface area (Å²) >= 11 is 6.79. The molecule has 1 saturated heterocycles. The molecule has 33 heavy (non-hydrogen) atoms. The predicted molar refractivity (Wildman–Crippen MR) is 131 cm³/mol. The van der Waals surface area contributed by atoms with Crippen molar-refractivity contribution < 1.29 is 23.7 Å². The highest BCUT2D eigenvalue weighted by Crippen LogP contribution is 2.36. The van der Waals surface area contributed by atoms with Crippen LogP contribution in [-0.2, 0) is 11.3 Å². The summed E-state index contributed by atoms with van der Waals surface area (Å²) in [5.74, 6) is 3.00. The van der Waals surface area contributed by atoms with Gasteiger partial charge >= 0.3 is 0 Å². The molecule has 7 nitrogen and oxygen atoms in total. The number of carbonyl (C=O) groups excluding carboxylic acids is 1. The SMILES string of the molecule is O=C1/C(=C/c2ccc3c(c2)OCO3)SC(=S)N1CCCCNCc1ccc2c(c1)OCCO2. The molecule has 0 saturated carbocycles. The van der Waals surface area contributed by atoms with Crippen LogP contribution in [0.5, 0.6) is 23.0 Å². The first-order chi connectivity index (χ1) is 16.2. The summed E-state index contributed by atoms with van der Waals surface area (Å²) in [6.45, 7) is 3.65. The van der Waals surface area contributed by atoms with Crippen molar-refractivity contribution in [3.8, 4) is 23.0 Å². The van der Waals surface area contributed by atoms with Crippen LogP contribution in [0.2, 0.25) is 0 Å². The van der Waals surface area contributed by atoms with Gasteiger partial charge in [-0.2, -0.15) is 0 Å². The Morgan fingerprint density at radius 2 is 1.73 bits per heavy atom. The van der Waals surface area contributed by atoms with Crippen molar-refractivity contribution in [2.45, 2.75) is 19.4 Å². The van der Waals surface area contributed by atoms with Crippen LogP contribution in [0.4, 0.5) is 0 Å². The standard InChI is InChI=1S/C24H24N2O5S2/c27-23-22(13-16-3-5-19-21(11-16)31-15-30-19)33-24(32)26(23)8-2-1-7-25-14-17-4-6-18-20(12-17)29-10-9-28-18/h3-6,11-13,25H,1-2,7-10,14-15H2/b22-13-. The number of unbranched alkanes of at least 4 members (excludes halogenated alkanes) is 1. The zero-order chi connectivity index (χ0) is 22.6. The van der Waals surface area contributed by atoms with Gasteiger partial charge in [-0.3, -0.25) is 9.69 Å². The lowest BCUT2D eigenvalue weighted by Crippen LogP contribution is -2.29. The van der Waals surface area contributed by atoms with E-state index in [2.05, 4.69) is 5.32 Å². The smallest absolute Gasteiger partial charge is 0.266 e. The van der Waals surface area contributed by atoms with E-state index in [1.54, 1.807) is 4.90 Å².